The molecule has 1 aromatic rings. The van der Waals surface area contributed by atoms with Crippen molar-refractivity contribution in [3.63, 3.8) is 0 Å². The summed E-state index contributed by atoms with van der Waals surface area (Å²) in [6, 6.07) is 3.10. The summed E-state index contributed by atoms with van der Waals surface area (Å²) < 4.78 is 46.8. The summed E-state index contributed by atoms with van der Waals surface area (Å²) in [7, 11) is 0. The van der Waals surface area contributed by atoms with Gasteiger partial charge in [-0.1, -0.05) is 18.9 Å². The summed E-state index contributed by atoms with van der Waals surface area (Å²) in [5.74, 6) is 0.667. The molecule has 0 unspecified atom stereocenters. The number of hydrogen-bond donors (Lipinski definition) is 2. The summed E-state index contributed by atoms with van der Waals surface area (Å²) in [5.41, 5.74) is 1.03. The predicted octanol–water partition coefficient (Wildman–Crippen LogP) is 4.06. The number of nitrogens with one attached hydrogen (secondary N) is 2. The largest absolute Gasteiger partial charge is 0.468 e. The van der Waals surface area contributed by atoms with Crippen LogP contribution in [-0.4, -0.2) is 50.0 Å². The van der Waals surface area contributed by atoms with Crippen molar-refractivity contribution in [1.82, 2.24) is 15.6 Å². The number of guanidine groups is 1. The molecule has 1 fully saturated rings. The monoisotopic (exact) mass is 430 g/mol. The third-order valence-electron chi connectivity index (χ3n) is 5.22. The van der Waals surface area contributed by atoms with E-state index in [1.54, 1.807) is 6.07 Å². The first kappa shape index (κ1) is 24.2. The van der Waals surface area contributed by atoms with Gasteiger partial charge in [0.05, 0.1) is 6.54 Å². The number of pyridine rings is 1. The first-order valence-corrected chi connectivity index (χ1v) is 10.6. The second-order valence-corrected chi connectivity index (χ2v) is 7.61. The lowest BCUT2D eigenvalue weighted by Crippen LogP contribution is -2.43. The number of halogens is 3. The fourth-order valence-corrected chi connectivity index (χ4v) is 3.60. The molecule has 1 heterocycles. The number of hydrogen-bond acceptors (Lipinski definition) is 4. The minimum absolute atomic E-state index is 0.0532. The maximum atomic E-state index is 12.2. The highest BCUT2D eigenvalue weighted by Crippen LogP contribution is 2.40. The van der Waals surface area contributed by atoms with Gasteiger partial charge in [0, 0.05) is 38.6 Å². The van der Waals surface area contributed by atoms with Gasteiger partial charge in [0.25, 0.3) is 0 Å². The van der Waals surface area contributed by atoms with Crippen molar-refractivity contribution in [2.24, 2.45) is 10.4 Å². The topological polar surface area (TPSA) is 67.8 Å². The quantitative estimate of drug-likeness (QED) is 0.315. The van der Waals surface area contributed by atoms with Gasteiger partial charge in [0.2, 0.25) is 5.88 Å². The van der Waals surface area contributed by atoms with E-state index < -0.39 is 12.8 Å². The first-order chi connectivity index (χ1) is 14.4. The molecule has 1 aliphatic carbocycles. The van der Waals surface area contributed by atoms with Crippen molar-refractivity contribution >= 4 is 5.96 Å². The molecule has 0 amide bonds. The molecule has 1 aliphatic rings. The molecular formula is C21H33F3N4O2. The zero-order chi connectivity index (χ0) is 21.9. The molecule has 0 atom stereocenters. The van der Waals surface area contributed by atoms with Gasteiger partial charge in [0.1, 0.15) is 0 Å². The second-order valence-electron chi connectivity index (χ2n) is 7.61. The van der Waals surface area contributed by atoms with Crippen molar-refractivity contribution in [2.75, 3.05) is 32.9 Å². The van der Waals surface area contributed by atoms with Gasteiger partial charge < -0.3 is 20.1 Å². The van der Waals surface area contributed by atoms with Gasteiger partial charge in [-0.05, 0) is 44.1 Å². The summed E-state index contributed by atoms with van der Waals surface area (Å²) in [5, 5.41) is 6.71. The fraction of sp³-hybridized carbons (Fsp3) is 0.714. The standard InChI is InChI=1S/C21H33F3N4O2/c1-3-25-19(28-15-20(9-5-6-10-20)11-12-29-4-2)27-14-17-7-8-18(26-13-17)30-16-21(22,23)24/h7-8,13H,3-6,9-12,14-16H2,1-2H3,(H2,25,27,28). The summed E-state index contributed by atoms with van der Waals surface area (Å²) in [6.45, 7) is 6.13. The molecule has 0 bridgehead atoms. The van der Waals surface area contributed by atoms with Crippen LogP contribution < -0.4 is 15.4 Å². The van der Waals surface area contributed by atoms with Crippen LogP contribution in [0.2, 0.25) is 0 Å². The van der Waals surface area contributed by atoms with E-state index in [0.717, 1.165) is 44.2 Å². The zero-order valence-electron chi connectivity index (χ0n) is 17.9. The maximum Gasteiger partial charge on any atom is 0.422 e. The normalized spacial score (nSPS) is 16.5. The predicted molar refractivity (Wildman–Crippen MR) is 111 cm³/mol. The number of rotatable bonds is 11. The Morgan fingerprint density at radius 2 is 1.97 bits per heavy atom. The molecule has 2 N–H and O–H groups in total. The summed E-state index contributed by atoms with van der Waals surface area (Å²) in [6.07, 6.45) is 3.02. The highest BCUT2D eigenvalue weighted by molar-refractivity contribution is 5.79. The van der Waals surface area contributed by atoms with E-state index >= 15 is 0 Å². The molecule has 0 spiro atoms. The van der Waals surface area contributed by atoms with Gasteiger partial charge in [-0.25, -0.2) is 9.98 Å². The number of aromatic nitrogens is 1. The number of ether oxygens (including phenoxy) is 2. The van der Waals surface area contributed by atoms with Crippen LogP contribution in [0.4, 0.5) is 13.2 Å². The molecule has 30 heavy (non-hydrogen) atoms. The van der Waals surface area contributed by atoms with Crippen molar-refractivity contribution in [3.8, 4) is 5.88 Å². The van der Waals surface area contributed by atoms with Gasteiger partial charge in [-0.2, -0.15) is 13.2 Å². The van der Waals surface area contributed by atoms with Gasteiger partial charge >= 0.3 is 6.18 Å². The van der Waals surface area contributed by atoms with Crippen LogP contribution in [0.15, 0.2) is 23.3 Å². The van der Waals surface area contributed by atoms with Crippen molar-refractivity contribution in [1.29, 1.82) is 0 Å². The Morgan fingerprint density at radius 1 is 1.20 bits per heavy atom. The molecule has 1 aromatic heterocycles. The Labute approximate surface area is 176 Å². The molecule has 1 saturated carbocycles. The fourth-order valence-electron chi connectivity index (χ4n) is 3.60. The minimum atomic E-state index is -4.38. The highest BCUT2D eigenvalue weighted by Gasteiger charge is 2.33. The molecule has 0 aromatic carbocycles. The Morgan fingerprint density at radius 3 is 2.57 bits per heavy atom. The SMILES string of the molecule is CCNC(=NCc1ccc(OCC(F)(F)F)nc1)NCC1(CCOCC)CCCC1. The molecule has 2 rings (SSSR count). The Balaban J connectivity index is 1.90. The minimum Gasteiger partial charge on any atom is -0.468 e. The molecule has 9 heteroatoms. The van der Waals surface area contributed by atoms with E-state index in [0.29, 0.717) is 6.54 Å². The molecule has 6 nitrogen and oxygen atoms in total. The average molecular weight is 431 g/mol. The summed E-state index contributed by atoms with van der Waals surface area (Å²) >= 11 is 0. The van der Waals surface area contributed by atoms with E-state index in [2.05, 4.69) is 25.3 Å². The summed E-state index contributed by atoms with van der Waals surface area (Å²) in [4.78, 5) is 8.51. The number of nitrogens with zero attached hydrogens (tertiary/aromatic N) is 2. The van der Waals surface area contributed by atoms with Crippen LogP contribution in [0, 0.1) is 5.41 Å². The molecule has 0 saturated heterocycles. The highest BCUT2D eigenvalue weighted by atomic mass is 19.4. The maximum absolute atomic E-state index is 12.2. The number of aliphatic imine (C=N–C) groups is 1. The van der Waals surface area contributed by atoms with Crippen LogP contribution in [0.3, 0.4) is 0 Å². The van der Waals surface area contributed by atoms with Crippen LogP contribution in [-0.2, 0) is 11.3 Å². The van der Waals surface area contributed by atoms with Gasteiger partial charge in [-0.3, -0.25) is 0 Å². The number of alkyl halides is 3. The van der Waals surface area contributed by atoms with E-state index in [4.69, 9.17) is 4.74 Å². The zero-order valence-corrected chi connectivity index (χ0v) is 17.9. The lowest BCUT2D eigenvalue weighted by molar-refractivity contribution is -0.154. The smallest absolute Gasteiger partial charge is 0.422 e. The molecular weight excluding hydrogens is 397 g/mol. The Hall–Kier alpha value is -2.03. The lowest BCUT2D eigenvalue weighted by Gasteiger charge is -2.30. The Bertz CT molecular complexity index is 645. The Kier molecular flexibility index (Phi) is 9.68. The van der Waals surface area contributed by atoms with Crippen molar-refractivity contribution < 1.29 is 22.6 Å². The average Bonchev–Trinajstić information content (AvgIpc) is 3.18. The third kappa shape index (κ3) is 8.77. The van der Waals surface area contributed by atoms with E-state index in [-0.39, 0.29) is 11.3 Å². The van der Waals surface area contributed by atoms with Crippen LogP contribution in [0.1, 0.15) is 51.5 Å². The van der Waals surface area contributed by atoms with E-state index in [1.165, 1.54) is 37.9 Å². The van der Waals surface area contributed by atoms with Crippen LogP contribution >= 0.6 is 0 Å². The molecule has 170 valence electrons. The molecule has 0 radical (unpaired) electrons. The van der Waals surface area contributed by atoms with Crippen molar-refractivity contribution in [2.45, 2.75) is 58.7 Å². The van der Waals surface area contributed by atoms with Crippen LogP contribution in [0.25, 0.3) is 0 Å². The lowest BCUT2D eigenvalue weighted by atomic mass is 9.83. The second kappa shape index (κ2) is 12.0. The molecule has 0 aliphatic heterocycles. The van der Waals surface area contributed by atoms with Crippen LogP contribution in [0.5, 0.6) is 5.88 Å². The van der Waals surface area contributed by atoms with Crippen molar-refractivity contribution in [3.05, 3.63) is 23.9 Å². The van der Waals surface area contributed by atoms with Gasteiger partial charge in [-0.15, -0.1) is 0 Å². The third-order valence-corrected chi connectivity index (χ3v) is 5.22. The van der Waals surface area contributed by atoms with Gasteiger partial charge in [0.15, 0.2) is 12.6 Å². The first-order valence-electron chi connectivity index (χ1n) is 10.6. The van der Waals surface area contributed by atoms with E-state index in [1.807, 2.05) is 13.8 Å². The van der Waals surface area contributed by atoms with E-state index in [9.17, 15) is 13.2 Å².